The highest BCUT2D eigenvalue weighted by Gasteiger charge is 2.15. The van der Waals surface area contributed by atoms with Gasteiger partial charge in [-0.1, -0.05) is 29.5 Å². The van der Waals surface area contributed by atoms with Crippen molar-refractivity contribution in [1.29, 1.82) is 0 Å². The quantitative estimate of drug-likeness (QED) is 0.453. The van der Waals surface area contributed by atoms with E-state index in [4.69, 9.17) is 4.42 Å². The third-order valence-electron chi connectivity index (χ3n) is 4.33. The number of nitrogens with zero attached hydrogens (tertiary/aromatic N) is 1. The highest BCUT2D eigenvalue weighted by Crippen LogP contribution is 2.31. The summed E-state index contributed by atoms with van der Waals surface area (Å²) in [6.45, 7) is 3.65. The lowest BCUT2D eigenvalue weighted by atomic mass is 10.1. The molecular formula is C20H17N3O3S. The summed E-state index contributed by atoms with van der Waals surface area (Å²) in [6.07, 6.45) is 3.16. The monoisotopic (exact) mass is 379 g/mol. The third kappa shape index (κ3) is 3.24. The molecule has 0 saturated carbocycles. The van der Waals surface area contributed by atoms with E-state index in [0.717, 1.165) is 22.2 Å². The fraction of sp³-hybridized carbons (Fsp3) is 0.100. The second kappa shape index (κ2) is 6.77. The molecule has 0 bridgehead atoms. The number of thiazole rings is 1. The Kier molecular flexibility index (Phi) is 4.29. The van der Waals surface area contributed by atoms with Crippen LogP contribution in [-0.2, 0) is 0 Å². The maximum atomic E-state index is 12.6. The molecule has 27 heavy (non-hydrogen) atoms. The number of carbonyl (C=O) groups excluding carboxylic acids is 1. The van der Waals surface area contributed by atoms with Crippen LogP contribution in [0.5, 0.6) is 5.75 Å². The van der Waals surface area contributed by atoms with Crippen LogP contribution in [0.25, 0.3) is 11.0 Å². The Bertz CT molecular complexity index is 1150. The summed E-state index contributed by atoms with van der Waals surface area (Å²) in [6, 6.07) is 11.1. The number of phenols is 1. The lowest BCUT2D eigenvalue weighted by Crippen LogP contribution is -2.12. The van der Waals surface area contributed by atoms with Crippen molar-refractivity contribution in [3.8, 4) is 5.75 Å². The van der Waals surface area contributed by atoms with E-state index in [9.17, 15) is 9.90 Å². The van der Waals surface area contributed by atoms with Crippen molar-refractivity contribution in [1.82, 2.24) is 4.98 Å². The summed E-state index contributed by atoms with van der Waals surface area (Å²) in [5.74, 6) is -0.123. The first-order valence-electron chi connectivity index (χ1n) is 8.32. The number of rotatable bonds is 4. The zero-order valence-electron chi connectivity index (χ0n) is 14.7. The summed E-state index contributed by atoms with van der Waals surface area (Å²) in [5, 5.41) is 17.5. The Morgan fingerprint density at radius 3 is 2.89 bits per heavy atom. The van der Waals surface area contributed by atoms with Crippen LogP contribution in [0.2, 0.25) is 0 Å². The number of carbonyl (C=O) groups is 1. The zero-order valence-corrected chi connectivity index (χ0v) is 15.6. The van der Waals surface area contributed by atoms with Crippen LogP contribution in [0.1, 0.15) is 20.8 Å². The number of amides is 1. The van der Waals surface area contributed by atoms with Crippen LogP contribution in [0.4, 0.5) is 16.5 Å². The van der Waals surface area contributed by atoms with Crippen molar-refractivity contribution >= 4 is 44.7 Å². The number of aryl methyl sites for hydroxylation is 1. The molecule has 0 aliphatic carbocycles. The Balaban J connectivity index is 1.55. The van der Waals surface area contributed by atoms with Gasteiger partial charge < -0.3 is 20.2 Å². The van der Waals surface area contributed by atoms with Gasteiger partial charge in [0.2, 0.25) is 0 Å². The van der Waals surface area contributed by atoms with Gasteiger partial charge in [0.15, 0.2) is 10.7 Å². The number of aromatic nitrogens is 1. The molecule has 0 aliphatic rings. The van der Waals surface area contributed by atoms with Gasteiger partial charge in [0, 0.05) is 10.9 Å². The van der Waals surface area contributed by atoms with E-state index in [1.165, 1.54) is 17.5 Å². The average Bonchev–Trinajstić information content (AvgIpc) is 3.32. The van der Waals surface area contributed by atoms with Gasteiger partial charge in [0.1, 0.15) is 10.6 Å². The number of furan rings is 1. The number of nitrogens with one attached hydrogen (secondary N) is 2. The van der Waals surface area contributed by atoms with Crippen LogP contribution in [0.3, 0.4) is 0 Å². The predicted molar refractivity (Wildman–Crippen MR) is 107 cm³/mol. The van der Waals surface area contributed by atoms with Crippen molar-refractivity contribution in [2.75, 3.05) is 10.6 Å². The molecule has 3 N–H and O–H groups in total. The molecule has 1 amide bonds. The van der Waals surface area contributed by atoms with Crippen LogP contribution < -0.4 is 10.6 Å². The molecule has 2 aromatic carbocycles. The normalized spacial score (nSPS) is 10.9. The summed E-state index contributed by atoms with van der Waals surface area (Å²) >= 11 is 1.24. The average molecular weight is 379 g/mol. The minimum atomic E-state index is -0.270. The Labute approximate surface area is 159 Å². The first-order valence-corrected chi connectivity index (χ1v) is 9.14. The van der Waals surface area contributed by atoms with Crippen LogP contribution in [0.15, 0.2) is 53.3 Å². The van der Waals surface area contributed by atoms with Crippen molar-refractivity contribution < 1.29 is 14.3 Å². The molecule has 0 spiro atoms. The fourth-order valence-corrected chi connectivity index (χ4v) is 3.57. The van der Waals surface area contributed by atoms with E-state index in [-0.39, 0.29) is 11.7 Å². The summed E-state index contributed by atoms with van der Waals surface area (Å²) in [4.78, 5) is 17.3. The van der Waals surface area contributed by atoms with Crippen molar-refractivity contribution in [2.45, 2.75) is 13.8 Å². The molecule has 0 radical (unpaired) electrons. The maximum absolute atomic E-state index is 12.6. The maximum Gasteiger partial charge on any atom is 0.267 e. The summed E-state index contributed by atoms with van der Waals surface area (Å²) < 4.78 is 5.50. The Hall–Kier alpha value is -3.32. The number of hydrogen-bond donors (Lipinski definition) is 3. The van der Waals surface area contributed by atoms with Crippen molar-refractivity contribution in [3.05, 3.63) is 64.9 Å². The van der Waals surface area contributed by atoms with E-state index in [2.05, 4.69) is 15.6 Å². The first kappa shape index (κ1) is 17.1. The van der Waals surface area contributed by atoms with Gasteiger partial charge >= 0.3 is 0 Å². The number of anilines is 3. The van der Waals surface area contributed by atoms with Gasteiger partial charge in [0.05, 0.1) is 23.8 Å². The SMILES string of the molecule is Cc1ccc(O)c(C)c1NC(=O)c1cnc(Nc2cccc3ccoc23)s1. The van der Waals surface area contributed by atoms with E-state index in [0.29, 0.717) is 21.3 Å². The van der Waals surface area contributed by atoms with Gasteiger partial charge in [-0.3, -0.25) is 4.79 Å². The minimum Gasteiger partial charge on any atom is -0.508 e. The standard InChI is InChI=1S/C20H17N3O3S/c1-11-6-7-15(24)12(2)17(11)23-19(25)16-10-21-20(27-16)22-14-5-3-4-13-8-9-26-18(13)14/h3-10,24H,1-2H3,(H,21,22)(H,23,25). The van der Waals surface area contributed by atoms with Gasteiger partial charge in [0.25, 0.3) is 5.91 Å². The number of benzene rings is 2. The van der Waals surface area contributed by atoms with Gasteiger partial charge in [-0.05, 0) is 37.6 Å². The molecule has 6 nitrogen and oxygen atoms in total. The molecule has 0 atom stereocenters. The predicted octanol–water partition coefficient (Wildman–Crippen LogP) is 5.21. The Morgan fingerprint density at radius 2 is 2.04 bits per heavy atom. The van der Waals surface area contributed by atoms with E-state index in [1.807, 2.05) is 31.2 Å². The molecule has 0 fully saturated rings. The smallest absolute Gasteiger partial charge is 0.267 e. The molecule has 4 aromatic rings. The molecular weight excluding hydrogens is 362 g/mol. The largest absolute Gasteiger partial charge is 0.508 e. The number of fused-ring (bicyclic) bond motifs is 1. The van der Waals surface area contributed by atoms with Gasteiger partial charge in [-0.25, -0.2) is 4.98 Å². The summed E-state index contributed by atoms with van der Waals surface area (Å²) in [7, 11) is 0. The van der Waals surface area contributed by atoms with Crippen molar-refractivity contribution in [3.63, 3.8) is 0 Å². The number of aromatic hydroxyl groups is 1. The fourth-order valence-electron chi connectivity index (χ4n) is 2.85. The first-order chi connectivity index (χ1) is 13.0. The number of phenolic OH excluding ortho intramolecular Hbond substituents is 1. The number of hydrogen-bond acceptors (Lipinski definition) is 6. The molecule has 2 heterocycles. The lowest BCUT2D eigenvalue weighted by molar-refractivity contribution is 0.103. The minimum absolute atomic E-state index is 0.147. The molecule has 4 rings (SSSR count). The Morgan fingerprint density at radius 1 is 1.19 bits per heavy atom. The van der Waals surface area contributed by atoms with Gasteiger partial charge in [-0.15, -0.1) is 0 Å². The molecule has 0 saturated heterocycles. The highest BCUT2D eigenvalue weighted by atomic mass is 32.1. The van der Waals surface area contributed by atoms with E-state index in [1.54, 1.807) is 25.3 Å². The third-order valence-corrected chi connectivity index (χ3v) is 5.24. The van der Waals surface area contributed by atoms with Crippen LogP contribution in [-0.4, -0.2) is 16.0 Å². The molecule has 136 valence electrons. The summed E-state index contributed by atoms with van der Waals surface area (Å²) in [5.41, 5.74) is 3.66. The lowest BCUT2D eigenvalue weighted by Gasteiger charge is -2.11. The second-order valence-electron chi connectivity index (χ2n) is 6.15. The second-order valence-corrected chi connectivity index (χ2v) is 7.19. The van der Waals surface area contributed by atoms with Crippen LogP contribution >= 0.6 is 11.3 Å². The van der Waals surface area contributed by atoms with Gasteiger partial charge in [-0.2, -0.15) is 0 Å². The topological polar surface area (TPSA) is 87.4 Å². The van der Waals surface area contributed by atoms with Crippen LogP contribution in [0, 0.1) is 13.8 Å². The molecule has 0 aliphatic heterocycles. The van der Waals surface area contributed by atoms with E-state index < -0.39 is 0 Å². The van der Waals surface area contributed by atoms with E-state index >= 15 is 0 Å². The highest BCUT2D eigenvalue weighted by molar-refractivity contribution is 7.17. The number of para-hydroxylation sites is 1. The molecule has 7 heteroatoms. The van der Waals surface area contributed by atoms with Crippen molar-refractivity contribution in [2.24, 2.45) is 0 Å². The molecule has 0 unspecified atom stereocenters. The zero-order chi connectivity index (χ0) is 19.0. The molecule has 2 aromatic heterocycles.